The number of carbonyl (C=O) groups excluding carboxylic acids is 1. The highest BCUT2D eigenvalue weighted by atomic mass is 31.2. The van der Waals surface area contributed by atoms with Crippen LogP contribution in [-0.2, 0) is 9.36 Å². The molecule has 2 aliphatic rings. The number of rotatable bonds is 6. The van der Waals surface area contributed by atoms with Crippen LogP contribution < -0.4 is 16.0 Å². The molecule has 0 radical (unpaired) electrons. The summed E-state index contributed by atoms with van der Waals surface area (Å²) in [5, 5.41) is 0.190. The number of anilines is 1. The second-order valence-electron chi connectivity index (χ2n) is 12.1. The number of amides is 1. The van der Waals surface area contributed by atoms with E-state index in [1.165, 1.54) is 33.7 Å². The molecule has 6 rings (SSSR count). The molecule has 0 N–H and O–H groups in total. The molecular formula is C32H32F3N6O3P. The highest BCUT2D eigenvalue weighted by Gasteiger charge is 2.35. The molecule has 4 heterocycles. The standard InChI is InChI=1S/C32H32F3N6O3P/c1-17-14-25(45(4,5)44)36-26(20-10-11-20)28(17)41-30-22(15-24(35)27(37-30)21-8-6-7-9-23(21)34)29(38-32(41)43)40-13-12-39(16-18(40)2)31(42)19(3)33/h6-9,14-15,18,20H,3,10-13,16H2,1-2,4-5H3/t18-/m0/s1. The fourth-order valence-electron chi connectivity index (χ4n) is 5.88. The fraction of sp³-hybridized carbons (Fsp3) is 0.344. The van der Waals surface area contributed by atoms with Crippen LogP contribution in [0.1, 0.15) is 36.9 Å². The van der Waals surface area contributed by atoms with E-state index in [0.717, 1.165) is 12.8 Å². The molecule has 3 aromatic heterocycles. The number of hydrogen-bond donors (Lipinski definition) is 0. The van der Waals surface area contributed by atoms with Gasteiger partial charge in [0.1, 0.15) is 35.7 Å². The molecule has 1 saturated carbocycles. The molecule has 1 aromatic carbocycles. The Hall–Kier alpha value is -4.31. The molecule has 0 spiro atoms. The van der Waals surface area contributed by atoms with E-state index in [4.69, 9.17) is 4.98 Å². The number of hydrogen-bond acceptors (Lipinski definition) is 7. The van der Waals surface area contributed by atoms with Gasteiger partial charge in [0.25, 0.3) is 5.91 Å². The number of halogens is 3. The fourth-order valence-corrected chi connectivity index (χ4v) is 6.73. The van der Waals surface area contributed by atoms with Gasteiger partial charge in [-0.1, -0.05) is 18.7 Å². The normalized spacial score (nSPS) is 17.2. The lowest BCUT2D eigenvalue weighted by molar-refractivity contribution is -0.129. The number of aromatic nitrogens is 4. The number of pyridine rings is 2. The van der Waals surface area contributed by atoms with Gasteiger partial charge in [-0.05, 0) is 69.8 Å². The van der Waals surface area contributed by atoms with E-state index in [2.05, 4.69) is 16.5 Å². The number of piperazine rings is 1. The maximum Gasteiger partial charge on any atom is 0.355 e. The van der Waals surface area contributed by atoms with Crippen LogP contribution in [0.3, 0.4) is 0 Å². The van der Waals surface area contributed by atoms with Crippen LogP contribution in [0.5, 0.6) is 0 Å². The minimum absolute atomic E-state index is 0.0224. The lowest BCUT2D eigenvalue weighted by Gasteiger charge is -2.40. The van der Waals surface area contributed by atoms with Crippen molar-refractivity contribution in [3.63, 3.8) is 0 Å². The Morgan fingerprint density at radius 1 is 1.04 bits per heavy atom. The summed E-state index contributed by atoms with van der Waals surface area (Å²) in [6.07, 6.45) is 1.65. The summed E-state index contributed by atoms with van der Waals surface area (Å²) in [4.78, 5) is 43.2. The minimum atomic E-state index is -2.75. The van der Waals surface area contributed by atoms with Gasteiger partial charge in [-0.25, -0.2) is 32.5 Å². The van der Waals surface area contributed by atoms with Gasteiger partial charge < -0.3 is 14.4 Å². The Kier molecular flexibility index (Phi) is 7.67. The van der Waals surface area contributed by atoms with Gasteiger partial charge in [0.05, 0.1) is 16.8 Å². The van der Waals surface area contributed by atoms with E-state index in [-0.39, 0.29) is 53.7 Å². The van der Waals surface area contributed by atoms with Crippen molar-refractivity contribution in [2.24, 2.45) is 0 Å². The van der Waals surface area contributed by atoms with Crippen LogP contribution >= 0.6 is 7.14 Å². The largest absolute Gasteiger partial charge is 0.355 e. The average molecular weight is 637 g/mol. The van der Waals surface area contributed by atoms with E-state index < -0.39 is 42.2 Å². The second kappa shape index (κ2) is 11.2. The third kappa shape index (κ3) is 5.56. The number of aryl methyl sites for hydroxylation is 1. The van der Waals surface area contributed by atoms with Crippen LogP contribution in [0.2, 0.25) is 0 Å². The van der Waals surface area contributed by atoms with Crippen molar-refractivity contribution in [3.8, 4) is 16.9 Å². The zero-order valence-electron chi connectivity index (χ0n) is 25.4. The number of fused-ring (bicyclic) bond motifs is 1. The highest BCUT2D eigenvalue weighted by Crippen LogP contribution is 2.44. The molecule has 1 aliphatic carbocycles. The lowest BCUT2D eigenvalue weighted by Crippen LogP contribution is -2.54. The number of carbonyl (C=O) groups is 1. The first-order chi connectivity index (χ1) is 21.3. The zero-order valence-corrected chi connectivity index (χ0v) is 26.2. The molecule has 0 bridgehead atoms. The highest BCUT2D eigenvalue weighted by molar-refractivity contribution is 7.69. The van der Waals surface area contributed by atoms with Crippen LogP contribution in [0, 0.1) is 18.6 Å². The van der Waals surface area contributed by atoms with Crippen molar-refractivity contribution in [1.82, 2.24) is 24.4 Å². The van der Waals surface area contributed by atoms with Crippen molar-refractivity contribution in [3.05, 3.63) is 82.2 Å². The maximum absolute atomic E-state index is 15.9. The van der Waals surface area contributed by atoms with Gasteiger partial charge in [-0.2, -0.15) is 4.98 Å². The summed E-state index contributed by atoms with van der Waals surface area (Å²) < 4.78 is 58.8. The van der Waals surface area contributed by atoms with Crippen molar-refractivity contribution in [1.29, 1.82) is 0 Å². The number of nitrogens with zero attached hydrogens (tertiary/aromatic N) is 6. The van der Waals surface area contributed by atoms with E-state index in [1.54, 1.807) is 44.2 Å². The predicted molar refractivity (Wildman–Crippen MR) is 168 cm³/mol. The Bertz CT molecular complexity index is 2000. The van der Waals surface area contributed by atoms with Crippen LogP contribution in [0.4, 0.5) is 19.0 Å². The minimum Gasteiger partial charge on any atom is -0.350 e. The lowest BCUT2D eigenvalue weighted by atomic mass is 10.1. The van der Waals surface area contributed by atoms with Gasteiger partial charge >= 0.3 is 5.69 Å². The molecule has 1 saturated heterocycles. The van der Waals surface area contributed by atoms with E-state index in [1.807, 2.05) is 0 Å². The summed E-state index contributed by atoms with van der Waals surface area (Å²) in [5.74, 6) is -3.23. The van der Waals surface area contributed by atoms with Crippen molar-refractivity contribution < 1.29 is 22.5 Å². The zero-order chi connectivity index (χ0) is 32.4. The number of benzene rings is 1. The summed E-state index contributed by atoms with van der Waals surface area (Å²) in [5.41, 5.74) is 1.04. The third-order valence-corrected chi connectivity index (χ3v) is 9.62. The van der Waals surface area contributed by atoms with Crippen LogP contribution in [0.15, 0.2) is 53.6 Å². The Morgan fingerprint density at radius 3 is 2.38 bits per heavy atom. The molecule has 45 heavy (non-hydrogen) atoms. The smallest absolute Gasteiger partial charge is 0.350 e. The molecule has 0 unspecified atom stereocenters. The van der Waals surface area contributed by atoms with Crippen molar-refractivity contribution in [2.45, 2.75) is 38.6 Å². The topological polar surface area (TPSA) is 101 Å². The molecule has 2 fully saturated rings. The quantitative estimate of drug-likeness (QED) is 0.215. The first-order valence-corrected chi connectivity index (χ1v) is 17.2. The second-order valence-corrected chi connectivity index (χ2v) is 15.2. The Morgan fingerprint density at radius 2 is 1.76 bits per heavy atom. The summed E-state index contributed by atoms with van der Waals surface area (Å²) in [6.45, 7) is 10.3. The van der Waals surface area contributed by atoms with E-state index in [9.17, 15) is 22.9 Å². The van der Waals surface area contributed by atoms with Gasteiger partial charge in [-0.3, -0.25) is 4.79 Å². The molecule has 9 nitrogen and oxygen atoms in total. The van der Waals surface area contributed by atoms with Gasteiger partial charge in [-0.15, -0.1) is 0 Å². The monoisotopic (exact) mass is 636 g/mol. The van der Waals surface area contributed by atoms with Crippen LogP contribution in [0.25, 0.3) is 28.0 Å². The third-order valence-electron chi connectivity index (χ3n) is 8.29. The summed E-state index contributed by atoms with van der Waals surface area (Å²) >= 11 is 0. The van der Waals surface area contributed by atoms with Gasteiger partial charge in [0, 0.05) is 37.2 Å². The molecule has 1 atom stereocenters. The van der Waals surface area contributed by atoms with Crippen molar-refractivity contribution >= 4 is 35.3 Å². The SMILES string of the molecule is C=C(F)C(=O)N1CCN(c2nc(=O)n(-c3c(C)cc(P(C)(C)=O)nc3C3CC3)c3nc(-c4ccccc4F)c(F)cc23)[C@@H](C)C1. The molecule has 234 valence electrons. The molecule has 1 amide bonds. The average Bonchev–Trinajstić information content (AvgIpc) is 3.82. The van der Waals surface area contributed by atoms with Gasteiger partial charge in [0.2, 0.25) is 0 Å². The Balaban J connectivity index is 1.62. The van der Waals surface area contributed by atoms with Crippen LogP contribution in [-0.4, -0.2) is 69.3 Å². The maximum atomic E-state index is 15.9. The predicted octanol–water partition coefficient (Wildman–Crippen LogP) is 5.08. The first-order valence-electron chi connectivity index (χ1n) is 14.6. The van der Waals surface area contributed by atoms with E-state index in [0.29, 0.717) is 22.4 Å². The molecular weight excluding hydrogens is 604 g/mol. The molecule has 4 aromatic rings. The molecule has 1 aliphatic heterocycles. The Labute approximate surface area is 257 Å². The first kappa shape index (κ1) is 30.7. The summed E-state index contributed by atoms with van der Waals surface area (Å²) in [7, 11) is -2.75. The summed E-state index contributed by atoms with van der Waals surface area (Å²) in [6, 6.07) is 8.10. The van der Waals surface area contributed by atoms with Crippen molar-refractivity contribution in [2.75, 3.05) is 37.9 Å². The van der Waals surface area contributed by atoms with E-state index >= 15 is 4.39 Å². The molecule has 13 heteroatoms. The van der Waals surface area contributed by atoms with Gasteiger partial charge in [0.15, 0.2) is 11.5 Å².